The summed E-state index contributed by atoms with van der Waals surface area (Å²) in [5.41, 5.74) is 1.45. The lowest BCUT2D eigenvalue weighted by Crippen LogP contribution is -2.08. The molecule has 3 N–H and O–H groups in total. The fourth-order valence-corrected chi connectivity index (χ4v) is 3.68. The summed E-state index contributed by atoms with van der Waals surface area (Å²) >= 11 is 3.13. The van der Waals surface area contributed by atoms with E-state index in [4.69, 9.17) is 0 Å². The smallest absolute Gasteiger partial charge is 0.264 e. The van der Waals surface area contributed by atoms with Gasteiger partial charge in [0, 0.05) is 40.7 Å². The van der Waals surface area contributed by atoms with Crippen molar-refractivity contribution in [2.24, 2.45) is 7.05 Å². The maximum absolute atomic E-state index is 14.7. The Morgan fingerprint density at radius 3 is 2.64 bits per heavy atom. The van der Waals surface area contributed by atoms with Crippen LogP contribution in [0.5, 0.6) is 0 Å². The number of aryl methyl sites for hydroxylation is 1. The normalized spacial score (nSPS) is 10.8. The number of carbonyl (C=O) groups is 1. The third kappa shape index (κ3) is 5.71. The van der Waals surface area contributed by atoms with Crippen LogP contribution < -0.4 is 16.0 Å². The van der Waals surface area contributed by atoms with E-state index in [-0.39, 0.29) is 27.5 Å². The lowest BCUT2D eigenvalue weighted by Gasteiger charge is -2.15. The number of carbonyl (C=O) groups excluding carboxylic acids is 1. The van der Waals surface area contributed by atoms with Crippen LogP contribution in [-0.2, 0) is 11.8 Å². The molecule has 2 aromatic heterocycles. The molecule has 0 bridgehead atoms. The second-order valence-corrected chi connectivity index (χ2v) is 8.39. The highest BCUT2D eigenvalue weighted by Gasteiger charge is 2.17. The molecule has 0 saturated heterocycles. The molecule has 2 aromatic carbocycles. The molecular formula is C24H19BrF3N7O. The van der Waals surface area contributed by atoms with Gasteiger partial charge in [-0.25, -0.2) is 18.2 Å². The Kier molecular flexibility index (Phi) is 7.34. The Balaban J connectivity index is 1.78. The average molecular weight is 558 g/mol. The SMILES string of the molecule is C=CC(=O)Nc1ccc(F)c(Nc2nc(Nc3cnn(C)c3)ncc2-c2ccc(Br)c(C(F)F)c2)c1. The number of hydrogen-bond donors (Lipinski definition) is 3. The molecule has 0 aliphatic heterocycles. The molecule has 0 spiro atoms. The first kappa shape index (κ1) is 24.9. The summed E-state index contributed by atoms with van der Waals surface area (Å²) in [6.45, 7) is 3.39. The van der Waals surface area contributed by atoms with Crippen molar-refractivity contribution < 1.29 is 18.0 Å². The number of nitrogens with zero attached hydrogens (tertiary/aromatic N) is 4. The number of nitrogens with one attached hydrogen (secondary N) is 3. The van der Waals surface area contributed by atoms with Gasteiger partial charge >= 0.3 is 0 Å². The third-order valence-corrected chi connectivity index (χ3v) is 5.69. The summed E-state index contributed by atoms with van der Waals surface area (Å²) in [5.74, 6) is -0.781. The number of alkyl halides is 2. The van der Waals surface area contributed by atoms with E-state index in [1.807, 2.05) is 0 Å². The largest absolute Gasteiger partial charge is 0.337 e. The van der Waals surface area contributed by atoms with Crippen LogP contribution in [0, 0.1) is 5.82 Å². The van der Waals surface area contributed by atoms with Gasteiger partial charge in [0.1, 0.15) is 11.6 Å². The highest BCUT2D eigenvalue weighted by atomic mass is 79.9. The zero-order valence-electron chi connectivity index (χ0n) is 18.8. The molecule has 8 nitrogen and oxygen atoms in total. The second kappa shape index (κ2) is 10.6. The fraction of sp³-hybridized carbons (Fsp3) is 0.0833. The minimum atomic E-state index is -2.72. The van der Waals surface area contributed by atoms with Crippen molar-refractivity contribution in [1.82, 2.24) is 19.7 Å². The van der Waals surface area contributed by atoms with Crippen molar-refractivity contribution >= 4 is 50.7 Å². The van der Waals surface area contributed by atoms with Crippen molar-refractivity contribution in [2.75, 3.05) is 16.0 Å². The summed E-state index contributed by atoms with van der Waals surface area (Å²) in [4.78, 5) is 20.4. The van der Waals surface area contributed by atoms with Crippen molar-refractivity contribution in [3.63, 3.8) is 0 Å². The zero-order chi connectivity index (χ0) is 25.8. The molecule has 36 heavy (non-hydrogen) atoms. The first-order valence-electron chi connectivity index (χ1n) is 10.4. The summed E-state index contributed by atoms with van der Waals surface area (Å²) in [5, 5.41) is 12.5. The van der Waals surface area contributed by atoms with Gasteiger partial charge in [0.05, 0.1) is 17.6 Å². The Morgan fingerprint density at radius 2 is 1.94 bits per heavy atom. The maximum Gasteiger partial charge on any atom is 0.264 e. The van der Waals surface area contributed by atoms with Crippen LogP contribution in [0.25, 0.3) is 11.1 Å². The monoisotopic (exact) mass is 557 g/mol. The minimum Gasteiger partial charge on any atom is -0.337 e. The van der Waals surface area contributed by atoms with Crippen molar-refractivity contribution in [1.29, 1.82) is 0 Å². The number of rotatable bonds is 8. The van der Waals surface area contributed by atoms with Gasteiger partial charge in [-0.05, 0) is 42.0 Å². The van der Waals surface area contributed by atoms with Gasteiger partial charge in [0.15, 0.2) is 0 Å². The molecular weight excluding hydrogens is 539 g/mol. The molecule has 0 aliphatic carbocycles. The predicted octanol–water partition coefficient (Wildman–Crippen LogP) is 6.33. The number of amides is 1. The van der Waals surface area contributed by atoms with E-state index in [1.54, 1.807) is 30.2 Å². The first-order valence-corrected chi connectivity index (χ1v) is 11.2. The van der Waals surface area contributed by atoms with Gasteiger partial charge in [-0.15, -0.1) is 0 Å². The zero-order valence-corrected chi connectivity index (χ0v) is 20.4. The molecule has 0 atom stereocenters. The molecule has 0 saturated carbocycles. The number of halogens is 4. The van der Waals surface area contributed by atoms with Crippen LogP contribution in [0.1, 0.15) is 12.0 Å². The van der Waals surface area contributed by atoms with E-state index in [0.717, 1.165) is 6.08 Å². The molecule has 12 heteroatoms. The predicted molar refractivity (Wildman–Crippen MR) is 135 cm³/mol. The Morgan fingerprint density at radius 1 is 1.14 bits per heavy atom. The Labute approximate surface area is 212 Å². The lowest BCUT2D eigenvalue weighted by atomic mass is 10.0. The minimum absolute atomic E-state index is 0.00432. The van der Waals surface area contributed by atoms with Gasteiger partial charge in [0.25, 0.3) is 6.43 Å². The molecule has 2 heterocycles. The van der Waals surface area contributed by atoms with E-state index in [1.165, 1.54) is 36.5 Å². The van der Waals surface area contributed by atoms with Gasteiger partial charge in [0.2, 0.25) is 11.9 Å². The van der Waals surface area contributed by atoms with Crippen LogP contribution in [-0.4, -0.2) is 25.7 Å². The molecule has 0 radical (unpaired) electrons. The van der Waals surface area contributed by atoms with Gasteiger partial charge < -0.3 is 16.0 Å². The summed E-state index contributed by atoms with van der Waals surface area (Å²) in [7, 11) is 1.75. The van der Waals surface area contributed by atoms with Crippen LogP contribution >= 0.6 is 15.9 Å². The van der Waals surface area contributed by atoms with Crippen molar-refractivity contribution in [3.05, 3.63) is 83.5 Å². The van der Waals surface area contributed by atoms with Gasteiger partial charge in [-0.1, -0.05) is 28.6 Å². The molecule has 1 amide bonds. The number of hydrogen-bond acceptors (Lipinski definition) is 6. The van der Waals surface area contributed by atoms with E-state index < -0.39 is 18.1 Å². The van der Waals surface area contributed by atoms with Crippen molar-refractivity contribution in [3.8, 4) is 11.1 Å². The van der Waals surface area contributed by atoms with E-state index in [9.17, 15) is 18.0 Å². The highest BCUT2D eigenvalue weighted by molar-refractivity contribution is 9.10. The Hall–Kier alpha value is -4.19. The summed E-state index contributed by atoms with van der Waals surface area (Å²) in [6, 6.07) is 8.36. The van der Waals surface area contributed by atoms with E-state index in [2.05, 4.69) is 53.5 Å². The van der Waals surface area contributed by atoms with Gasteiger partial charge in [-0.3, -0.25) is 9.48 Å². The Bertz CT molecular complexity index is 1440. The number of benzene rings is 2. The standard InChI is InChI=1S/C24H19BrF3N7O/c1-3-21(36)31-14-5-7-19(26)20(9-14)33-23-17(13-4-6-18(25)16(8-13)22(27)28)11-29-24(34-23)32-15-10-30-35(2)12-15/h3-12,22H,1H2,2H3,(H,31,36)(H2,29,32,33,34). The quantitative estimate of drug-likeness (QED) is 0.219. The number of aromatic nitrogens is 4. The third-order valence-electron chi connectivity index (χ3n) is 4.96. The summed E-state index contributed by atoms with van der Waals surface area (Å²) < 4.78 is 43.6. The van der Waals surface area contributed by atoms with Crippen LogP contribution in [0.4, 0.5) is 42.0 Å². The molecule has 0 fully saturated rings. The average Bonchev–Trinajstić information content (AvgIpc) is 3.26. The molecule has 0 unspecified atom stereocenters. The second-order valence-electron chi connectivity index (χ2n) is 7.53. The highest BCUT2D eigenvalue weighted by Crippen LogP contribution is 2.36. The van der Waals surface area contributed by atoms with Gasteiger partial charge in [-0.2, -0.15) is 10.1 Å². The lowest BCUT2D eigenvalue weighted by molar-refractivity contribution is -0.111. The molecule has 184 valence electrons. The summed E-state index contributed by atoms with van der Waals surface area (Å²) in [6.07, 6.45) is 3.08. The molecule has 0 aliphatic rings. The van der Waals surface area contributed by atoms with Crippen LogP contribution in [0.2, 0.25) is 0 Å². The first-order chi connectivity index (χ1) is 17.2. The van der Waals surface area contributed by atoms with Crippen molar-refractivity contribution in [2.45, 2.75) is 6.43 Å². The topological polar surface area (TPSA) is 96.8 Å². The molecule has 4 rings (SSSR count). The van der Waals surface area contributed by atoms with E-state index in [0.29, 0.717) is 22.5 Å². The van der Waals surface area contributed by atoms with Crippen LogP contribution in [0.15, 0.2) is 72.1 Å². The van der Waals surface area contributed by atoms with E-state index >= 15 is 0 Å². The van der Waals surface area contributed by atoms with Crippen LogP contribution in [0.3, 0.4) is 0 Å². The maximum atomic E-state index is 14.7. The molecule has 4 aromatic rings. The fourth-order valence-electron chi connectivity index (χ4n) is 3.26. The number of anilines is 5.